The predicted molar refractivity (Wildman–Crippen MR) is 167 cm³/mol. The molecule has 0 unspecified atom stereocenters. The molecule has 1 aliphatic heterocycles. The first-order valence-corrected chi connectivity index (χ1v) is 15.6. The van der Waals surface area contributed by atoms with E-state index in [-0.39, 0.29) is 28.6 Å². The van der Waals surface area contributed by atoms with Crippen LogP contribution in [-0.4, -0.2) is 46.6 Å². The monoisotopic (exact) mass is 608 g/mol. The Morgan fingerprint density at radius 3 is 2.61 bits per heavy atom. The second-order valence-corrected chi connectivity index (χ2v) is 12.5. The van der Waals surface area contributed by atoms with Crippen molar-refractivity contribution in [3.8, 4) is 18.0 Å². The van der Waals surface area contributed by atoms with E-state index < -0.39 is 22.2 Å². The number of hydrogen-bond donors (Lipinski definition) is 3. The van der Waals surface area contributed by atoms with E-state index in [0.717, 1.165) is 29.5 Å². The first kappa shape index (κ1) is 27.6. The number of nitrogens with zero attached hydrogens (tertiary/aromatic N) is 5. The maximum absolute atomic E-state index is 14.3. The van der Waals surface area contributed by atoms with Gasteiger partial charge < -0.3 is 10.2 Å². The lowest BCUT2D eigenvalue weighted by atomic mass is 9.97. The molecule has 1 atom stereocenters. The Hall–Kier alpha value is -5.19. The fourth-order valence-electron chi connectivity index (χ4n) is 5.89. The Morgan fingerprint density at radius 1 is 1.11 bits per heavy atom. The average molecular weight is 609 g/mol. The summed E-state index contributed by atoms with van der Waals surface area (Å²) in [5.41, 5.74) is 3.26. The van der Waals surface area contributed by atoms with Gasteiger partial charge in [0, 0.05) is 59.9 Å². The third-order valence-corrected chi connectivity index (χ3v) is 9.04. The van der Waals surface area contributed by atoms with Crippen LogP contribution >= 0.6 is 0 Å². The maximum Gasteiger partial charge on any atom is 0.300 e. The molecular weight excluding hydrogens is 580 g/mol. The van der Waals surface area contributed by atoms with E-state index >= 15 is 0 Å². The van der Waals surface area contributed by atoms with Crippen LogP contribution in [0.2, 0.25) is 0 Å². The molecular formula is C31H28N8O4S. The zero-order chi connectivity index (χ0) is 30.7. The van der Waals surface area contributed by atoms with Gasteiger partial charge in [-0.15, -0.1) is 11.5 Å². The number of carbonyl (C=O) groups is 1. The molecule has 0 radical (unpaired) electrons. The molecule has 2 aromatic carbocycles. The molecule has 222 valence electrons. The van der Waals surface area contributed by atoms with Gasteiger partial charge in [0.05, 0.1) is 17.1 Å². The Bertz CT molecular complexity index is 2200. The van der Waals surface area contributed by atoms with Crippen LogP contribution in [0.1, 0.15) is 53.0 Å². The first-order chi connectivity index (χ1) is 21.2. The molecule has 1 aliphatic carbocycles. The molecule has 1 saturated carbocycles. The average Bonchev–Trinajstić information content (AvgIpc) is 3.64. The number of nitrogens with one attached hydrogen (secondary N) is 3. The number of amides is 1. The van der Waals surface area contributed by atoms with Gasteiger partial charge >= 0.3 is 10.2 Å². The van der Waals surface area contributed by atoms with E-state index in [1.165, 1.54) is 10.7 Å². The van der Waals surface area contributed by atoms with Crippen molar-refractivity contribution in [3.63, 3.8) is 0 Å². The molecule has 1 fully saturated rings. The van der Waals surface area contributed by atoms with Gasteiger partial charge in [-0.25, -0.2) is 9.50 Å². The number of anilines is 2. The van der Waals surface area contributed by atoms with Gasteiger partial charge in [-0.2, -0.15) is 13.1 Å². The molecule has 4 heterocycles. The van der Waals surface area contributed by atoms with E-state index in [4.69, 9.17) is 6.42 Å². The van der Waals surface area contributed by atoms with Crippen LogP contribution in [0.3, 0.4) is 0 Å². The highest BCUT2D eigenvalue weighted by atomic mass is 32.2. The van der Waals surface area contributed by atoms with Crippen molar-refractivity contribution in [2.45, 2.75) is 38.4 Å². The fourth-order valence-corrected chi connectivity index (χ4v) is 7.03. The van der Waals surface area contributed by atoms with Crippen LogP contribution in [0.5, 0.6) is 0 Å². The van der Waals surface area contributed by atoms with Crippen molar-refractivity contribution in [3.05, 3.63) is 93.7 Å². The summed E-state index contributed by atoms with van der Waals surface area (Å²) in [5, 5.41) is 8.51. The van der Waals surface area contributed by atoms with Gasteiger partial charge in [-0.05, 0) is 50.1 Å². The van der Waals surface area contributed by atoms with Crippen LogP contribution in [0.25, 0.3) is 22.1 Å². The molecule has 1 amide bonds. The third kappa shape index (κ3) is 4.55. The van der Waals surface area contributed by atoms with Gasteiger partial charge in [0.25, 0.3) is 11.5 Å². The van der Waals surface area contributed by atoms with Crippen molar-refractivity contribution in [1.29, 1.82) is 0 Å². The molecule has 3 N–H and O–H groups in total. The molecule has 44 heavy (non-hydrogen) atoms. The zero-order valence-corrected chi connectivity index (χ0v) is 24.7. The molecule has 13 heteroatoms. The highest BCUT2D eigenvalue weighted by molar-refractivity contribution is 7.90. The SMILES string of the molecule is C#Cc1ccc2c3c(c([C@@H](C)NC(=O)c4c(NS(=O)(=O)NC5CC5)nn5cccnc45)n(-c4ccccc4)c(=O)c13)CN2C. The van der Waals surface area contributed by atoms with Crippen molar-refractivity contribution >= 4 is 44.0 Å². The summed E-state index contributed by atoms with van der Waals surface area (Å²) in [6, 6.07) is 13.6. The van der Waals surface area contributed by atoms with Gasteiger partial charge in [-0.3, -0.25) is 18.9 Å². The minimum atomic E-state index is -4.00. The highest BCUT2D eigenvalue weighted by Crippen LogP contribution is 2.40. The van der Waals surface area contributed by atoms with Crippen molar-refractivity contribution in [1.82, 2.24) is 29.2 Å². The predicted octanol–water partition coefficient (Wildman–Crippen LogP) is 2.86. The lowest BCUT2D eigenvalue weighted by Gasteiger charge is -2.23. The zero-order valence-electron chi connectivity index (χ0n) is 23.9. The topological polar surface area (TPSA) is 143 Å². The Kier molecular flexibility index (Phi) is 6.42. The van der Waals surface area contributed by atoms with Gasteiger partial charge in [0.1, 0.15) is 5.56 Å². The van der Waals surface area contributed by atoms with Crippen molar-refractivity contribution in [2.75, 3.05) is 16.7 Å². The number of aromatic nitrogens is 4. The normalized spacial score (nSPS) is 15.0. The largest absolute Gasteiger partial charge is 0.370 e. The Balaban J connectivity index is 1.37. The lowest BCUT2D eigenvalue weighted by Crippen LogP contribution is -2.35. The number of terminal acetylenes is 1. The summed E-state index contributed by atoms with van der Waals surface area (Å²) in [6.45, 7) is 2.27. The van der Waals surface area contributed by atoms with Crippen LogP contribution < -0.4 is 25.2 Å². The van der Waals surface area contributed by atoms with Crippen molar-refractivity contribution < 1.29 is 13.2 Å². The number of carbonyl (C=O) groups excluding carboxylic acids is 1. The number of hydrogen-bond acceptors (Lipinski definition) is 7. The smallest absolute Gasteiger partial charge is 0.300 e. The third-order valence-electron chi connectivity index (χ3n) is 7.94. The number of fused-ring (bicyclic) bond motifs is 1. The standard InChI is InChI=1S/C31H28N8O4S/c1-4-19-11-14-23-25-22(17-37(23)3)27(39(31(41)24(19)25)21-9-6-5-7-10-21)18(2)33-30(40)26-28(34-38-16-8-15-32-29(26)38)36-44(42,43)35-20-12-13-20/h1,5-11,14-16,18,20,35H,12-13,17H2,2-3H3,(H,33,40)(H,34,36)/t18-/m1/s1. The molecule has 12 nitrogen and oxygen atoms in total. The van der Waals surface area contributed by atoms with Crippen molar-refractivity contribution in [2.24, 2.45) is 0 Å². The summed E-state index contributed by atoms with van der Waals surface area (Å²) in [6.07, 6.45) is 10.4. The lowest BCUT2D eigenvalue weighted by molar-refractivity contribution is 0.0941. The van der Waals surface area contributed by atoms with Gasteiger partial charge in [-0.1, -0.05) is 24.1 Å². The minimum absolute atomic E-state index is 0.0446. The highest BCUT2D eigenvalue weighted by Gasteiger charge is 2.33. The van der Waals surface area contributed by atoms with E-state index in [1.807, 2.05) is 48.3 Å². The molecule has 0 spiro atoms. The molecule has 0 bridgehead atoms. The number of rotatable bonds is 8. The fraction of sp³-hybridized carbons (Fsp3) is 0.226. The van der Waals surface area contributed by atoms with Crippen LogP contribution in [0, 0.1) is 12.3 Å². The van der Waals surface area contributed by atoms with Gasteiger partial charge in [0.15, 0.2) is 11.5 Å². The molecule has 5 aromatic rings. The van der Waals surface area contributed by atoms with Gasteiger partial charge in [0.2, 0.25) is 0 Å². The molecule has 2 aliphatic rings. The first-order valence-electron chi connectivity index (χ1n) is 14.1. The summed E-state index contributed by atoms with van der Waals surface area (Å²) in [4.78, 5) is 34.7. The second kappa shape index (κ2) is 10.2. The maximum atomic E-state index is 14.3. The van der Waals surface area contributed by atoms with Crippen LogP contribution in [0.15, 0.2) is 65.7 Å². The summed E-state index contributed by atoms with van der Waals surface area (Å²) in [5.74, 6) is 1.89. The summed E-state index contributed by atoms with van der Waals surface area (Å²) in [7, 11) is -2.06. The summed E-state index contributed by atoms with van der Waals surface area (Å²) < 4.78 is 33.5. The Morgan fingerprint density at radius 2 is 1.89 bits per heavy atom. The molecule has 3 aromatic heterocycles. The van der Waals surface area contributed by atoms with Crippen LogP contribution in [0.4, 0.5) is 11.5 Å². The quantitative estimate of drug-likeness (QED) is 0.230. The number of para-hydroxylation sites is 1. The number of benzene rings is 2. The number of pyridine rings is 1. The minimum Gasteiger partial charge on any atom is -0.370 e. The summed E-state index contributed by atoms with van der Waals surface area (Å²) >= 11 is 0. The van der Waals surface area contributed by atoms with E-state index in [0.29, 0.717) is 28.9 Å². The van der Waals surface area contributed by atoms with E-state index in [2.05, 4.69) is 30.8 Å². The van der Waals surface area contributed by atoms with E-state index in [1.54, 1.807) is 29.8 Å². The van der Waals surface area contributed by atoms with Crippen LogP contribution in [-0.2, 0) is 16.8 Å². The molecule has 7 rings (SSSR count). The van der Waals surface area contributed by atoms with E-state index in [9.17, 15) is 18.0 Å². The second-order valence-electron chi connectivity index (χ2n) is 11.0. The molecule has 0 saturated heterocycles. The Labute approximate surface area is 252 Å².